The summed E-state index contributed by atoms with van der Waals surface area (Å²) in [6.07, 6.45) is 0.683. The van der Waals surface area contributed by atoms with Crippen molar-refractivity contribution in [2.45, 2.75) is 32.1 Å². The molecule has 0 saturated heterocycles. The second kappa shape index (κ2) is 4.99. The van der Waals surface area contributed by atoms with Crippen molar-refractivity contribution in [3.8, 4) is 17.2 Å². The predicted molar refractivity (Wildman–Crippen MR) is 69.0 cm³/mol. The SMILES string of the molecule is CC(C)(CC(=O)O)c1ccc2c(c1O)OCCCO2. The van der Waals surface area contributed by atoms with Crippen LogP contribution in [-0.4, -0.2) is 29.4 Å². The summed E-state index contributed by atoms with van der Waals surface area (Å²) in [6.45, 7) is 4.58. The fraction of sp³-hybridized carbons (Fsp3) is 0.500. The van der Waals surface area contributed by atoms with Gasteiger partial charge in [-0.1, -0.05) is 19.9 Å². The molecule has 1 heterocycles. The number of aliphatic carboxylic acids is 1. The smallest absolute Gasteiger partial charge is 0.304 e. The van der Waals surface area contributed by atoms with E-state index in [1.54, 1.807) is 26.0 Å². The van der Waals surface area contributed by atoms with Crippen LogP contribution in [0.1, 0.15) is 32.3 Å². The van der Waals surface area contributed by atoms with Crippen molar-refractivity contribution in [3.05, 3.63) is 17.7 Å². The average Bonchev–Trinajstić information content (AvgIpc) is 2.52. The quantitative estimate of drug-likeness (QED) is 0.878. The molecule has 1 aromatic carbocycles. The lowest BCUT2D eigenvalue weighted by atomic mass is 9.81. The second-order valence-electron chi connectivity index (χ2n) is 5.29. The number of carboxylic acids is 1. The van der Waals surface area contributed by atoms with E-state index in [-0.39, 0.29) is 12.2 Å². The molecule has 5 nitrogen and oxygen atoms in total. The van der Waals surface area contributed by atoms with Gasteiger partial charge in [-0.15, -0.1) is 0 Å². The van der Waals surface area contributed by atoms with Gasteiger partial charge in [-0.3, -0.25) is 4.79 Å². The van der Waals surface area contributed by atoms with Gasteiger partial charge in [0, 0.05) is 17.4 Å². The molecule has 0 radical (unpaired) electrons. The molecule has 1 aromatic rings. The van der Waals surface area contributed by atoms with E-state index >= 15 is 0 Å². The first-order valence-corrected chi connectivity index (χ1v) is 6.25. The lowest BCUT2D eigenvalue weighted by Crippen LogP contribution is -2.22. The van der Waals surface area contributed by atoms with Crippen LogP contribution in [0.5, 0.6) is 17.2 Å². The third-order valence-electron chi connectivity index (χ3n) is 3.21. The Kier molecular flexibility index (Phi) is 3.55. The summed E-state index contributed by atoms with van der Waals surface area (Å²) >= 11 is 0. The van der Waals surface area contributed by atoms with E-state index < -0.39 is 11.4 Å². The molecule has 1 aliphatic heterocycles. The number of ether oxygens (including phenoxy) is 2. The first-order chi connectivity index (χ1) is 8.92. The number of benzene rings is 1. The monoisotopic (exact) mass is 266 g/mol. The fourth-order valence-electron chi connectivity index (χ4n) is 2.24. The molecule has 0 aliphatic carbocycles. The number of rotatable bonds is 3. The number of carbonyl (C=O) groups is 1. The van der Waals surface area contributed by atoms with E-state index in [1.165, 1.54) is 0 Å². The zero-order valence-corrected chi connectivity index (χ0v) is 11.1. The van der Waals surface area contributed by atoms with E-state index in [0.717, 1.165) is 6.42 Å². The van der Waals surface area contributed by atoms with Gasteiger partial charge in [0.05, 0.1) is 19.6 Å². The molecule has 19 heavy (non-hydrogen) atoms. The van der Waals surface area contributed by atoms with Gasteiger partial charge in [0.1, 0.15) is 0 Å². The van der Waals surface area contributed by atoms with Crippen LogP contribution in [0, 0.1) is 0 Å². The molecule has 0 amide bonds. The maximum absolute atomic E-state index is 10.9. The van der Waals surface area contributed by atoms with Gasteiger partial charge in [0.2, 0.25) is 5.75 Å². The number of phenolic OH excluding ortho intramolecular Hbond substituents is 1. The number of phenols is 1. The normalized spacial score (nSPS) is 14.8. The third-order valence-corrected chi connectivity index (χ3v) is 3.21. The standard InChI is InChI=1S/C14H18O5/c1-14(2,8-11(15)16)9-4-5-10-13(12(9)17)19-7-3-6-18-10/h4-5,17H,3,6-8H2,1-2H3,(H,15,16). The molecular weight excluding hydrogens is 248 g/mol. The van der Waals surface area contributed by atoms with E-state index in [4.69, 9.17) is 14.6 Å². The highest BCUT2D eigenvalue weighted by Gasteiger charge is 2.30. The summed E-state index contributed by atoms with van der Waals surface area (Å²) in [7, 11) is 0. The second-order valence-corrected chi connectivity index (χ2v) is 5.29. The molecule has 0 saturated carbocycles. The molecule has 2 rings (SSSR count). The lowest BCUT2D eigenvalue weighted by Gasteiger charge is -2.25. The van der Waals surface area contributed by atoms with Crippen molar-refractivity contribution in [1.29, 1.82) is 0 Å². The van der Waals surface area contributed by atoms with Crippen LogP contribution in [0.3, 0.4) is 0 Å². The fourth-order valence-corrected chi connectivity index (χ4v) is 2.24. The molecular formula is C14H18O5. The summed E-state index contributed by atoms with van der Waals surface area (Å²) in [5.41, 5.74) is -0.125. The minimum Gasteiger partial charge on any atom is -0.504 e. The maximum Gasteiger partial charge on any atom is 0.304 e. The number of fused-ring (bicyclic) bond motifs is 1. The van der Waals surface area contributed by atoms with Crippen LogP contribution in [0.15, 0.2) is 12.1 Å². The number of hydrogen-bond donors (Lipinski definition) is 2. The summed E-state index contributed by atoms with van der Waals surface area (Å²) in [4.78, 5) is 10.9. The highest BCUT2D eigenvalue weighted by atomic mass is 16.5. The van der Waals surface area contributed by atoms with Crippen molar-refractivity contribution in [2.75, 3.05) is 13.2 Å². The Labute approximate surface area is 111 Å². The van der Waals surface area contributed by atoms with Crippen LogP contribution in [0.2, 0.25) is 0 Å². The third kappa shape index (κ3) is 2.75. The van der Waals surface area contributed by atoms with Gasteiger partial charge in [0.15, 0.2) is 11.5 Å². The maximum atomic E-state index is 10.9. The van der Waals surface area contributed by atoms with Crippen LogP contribution < -0.4 is 9.47 Å². The predicted octanol–water partition coefficient (Wildman–Crippen LogP) is 2.31. The first kappa shape index (κ1) is 13.5. The van der Waals surface area contributed by atoms with E-state index in [0.29, 0.717) is 30.3 Å². The Morgan fingerprint density at radius 2 is 2.00 bits per heavy atom. The van der Waals surface area contributed by atoms with E-state index in [2.05, 4.69) is 0 Å². The largest absolute Gasteiger partial charge is 0.504 e. The zero-order chi connectivity index (χ0) is 14.0. The summed E-state index contributed by atoms with van der Waals surface area (Å²) in [5, 5.41) is 19.3. The Hall–Kier alpha value is -1.91. The Morgan fingerprint density at radius 3 is 2.68 bits per heavy atom. The molecule has 104 valence electrons. The van der Waals surface area contributed by atoms with Crippen molar-refractivity contribution in [1.82, 2.24) is 0 Å². The lowest BCUT2D eigenvalue weighted by molar-refractivity contribution is -0.138. The van der Waals surface area contributed by atoms with Crippen LogP contribution >= 0.6 is 0 Å². The molecule has 0 spiro atoms. The Morgan fingerprint density at radius 1 is 1.32 bits per heavy atom. The van der Waals surface area contributed by atoms with Crippen molar-refractivity contribution in [3.63, 3.8) is 0 Å². The first-order valence-electron chi connectivity index (χ1n) is 6.25. The number of aromatic hydroxyl groups is 1. The van der Waals surface area contributed by atoms with Crippen LogP contribution in [0.25, 0.3) is 0 Å². The Bertz CT molecular complexity index is 493. The number of hydrogen-bond acceptors (Lipinski definition) is 4. The Balaban J connectivity index is 2.43. The zero-order valence-electron chi connectivity index (χ0n) is 11.1. The molecule has 0 unspecified atom stereocenters. The molecule has 1 aliphatic rings. The van der Waals surface area contributed by atoms with E-state index in [9.17, 15) is 9.90 Å². The van der Waals surface area contributed by atoms with Gasteiger partial charge in [-0.05, 0) is 6.07 Å². The van der Waals surface area contributed by atoms with Crippen molar-refractivity contribution < 1.29 is 24.5 Å². The summed E-state index contributed by atoms with van der Waals surface area (Å²) in [5.74, 6) is -0.111. The summed E-state index contributed by atoms with van der Waals surface area (Å²) < 4.78 is 11.0. The highest BCUT2D eigenvalue weighted by Crippen LogP contribution is 2.45. The molecule has 0 aromatic heterocycles. The van der Waals surface area contributed by atoms with Crippen LogP contribution in [0.4, 0.5) is 0 Å². The van der Waals surface area contributed by atoms with Gasteiger partial charge in [-0.25, -0.2) is 0 Å². The minimum atomic E-state index is -0.906. The van der Waals surface area contributed by atoms with Gasteiger partial charge < -0.3 is 19.7 Å². The van der Waals surface area contributed by atoms with Crippen molar-refractivity contribution >= 4 is 5.97 Å². The average molecular weight is 266 g/mol. The van der Waals surface area contributed by atoms with Gasteiger partial charge in [0.25, 0.3) is 0 Å². The molecule has 5 heteroatoms. The van der Waals surface area contributed by atoms with Crippen molar-refractivity contribution in [2.24, 2.45) is 0 Å². The molecule has 0 bridgehead atoms. The molecule has 0 atom stereocenters. The van der Waals surface area contributed by atoms with Gasteiger partial charge in [-0.2, -0.15) is 0 Å². The van der Waals surface area contributed by atoms with Crippen LogP contribution in [-0.2, 0) is 10.2 Å². The van der Waals surface area contributed by atoms with E-state index in [1.807, 2.05) is 0 Å². The minimum absolute atomic E-state index is 0.0225. The molecule has 2 N–H and O–H groups in total. The number of carboxylic acid groups (broad SMARTS) is 1. The topological polar surface area (TPSA) is 76.0 Å². The highest BCUT2D eigenvalue weighted by molar-refractivity contribution is 5.70. The molecule has 0 fully saturated rings. The van der Waals surface area contributed by atoms with Gasteiger partial charge >= 0.3 is 5.97 Å². The summed E-state index contributed by atoms with van der Waals surface area (Å²) in [6, 6.07) is 3.42.